The first kappa shape index (κ1) is 13.0. The van der Waals surface area contributed by atoms with Crippen LogP contribution in [0, 0.1) is 0 Å². The van der Waals surface area contributed by atoms with Crippen LogP contribution in [0.25, 0.3) is 0 Å². The van der Waals surface area contributed by atoms with Gasteiger partial charge in [-0.1, -0.05) is 13.8 Å². The smallest absolute Gasteiger partial charge is 0.0925 e. The Hall–Kier alpha value is -0.0600. The van der Waals surface area contributed by atoms with Gasteiger partial charge in [0.1, 0.15) is 0 Å². The molecule has 2 nitrogen and oxygen atoms in total. The van der Waals surface area contributed by atoms with E-state index in [1.165, 1.54) is 22.1 Å². The fourth-order valence-corrected chi connectivity index (χ4v) is 2.93. The molecule has 0 saturated heterocycles. The van der Waals surface area contributed by atoms with Gasteiger partial charge in [0.15, 0.2) is 0 Å². The summed E-state index contributed by atoms with van der Waals surface area (Å²) in [6.07, 6.45) is 6.40. The van der Waals surface area contributed by atoms with Crippen LogP contribution >= 0.6 is 23.1 Å². The zero-order valence-corrected chi connectivity index (χ0v) is 11.4. The molecule has 0 spiro atoms. The molecule has 1 unspecified atom stereocenters. The van der Waals surface area contributed by atoms with Gasteiger partial charge in [0.05, 0.1) is 5.01 Å². The summed E-state index contributed by atoms with van der Waals surface area (Å²) in [5, 5.41) is 4.81. The lowest BCUT2D eigenvalue weighted by Gasteiger charge is -2.14. The molecule has 1 atom stereocenters. The Balaban J connectivity index is 2.34. The average molecular weight is 244 g/mol. The number of aromatic nitrogens is 1. The Bertz CT molecular complexity index is 273. The molecule has 15 heavy (non-hydrogen) atoms. The molecule has 1 aromatic rings. The number of thioether (sulfide) groups is 1. The maximum atomic E-state index is 4.36. The third kappa shape index (κ3) is 4.53. The standard InChI is InChI=1S/C11H20N2S2/c1-4-9(8-14-3)12-6-10-7-13-11(5-2)15-10/h7,9,12H,4-6,8H2,1-3H3. The normalized spacial score (nSPS) is 13.0. The van der Waals surface area contributed by atoms with E-state index in [4.69, 9.17) is 0 Å². The predicted molar refractivity (Wildman–Crippen MR) is 70.8 cm³/mol. The minimum absolute atomic E-state index is 0.632. The molecule has 0 aromatic carbocycles. The van der Waals surface area contributed by atoms with Gasteiger partial charge in [0.25, 0.3) is 0 Å². The van der Waals surface area contributed by atoms with Crippen molar-refractivity contribution in [3.8, 4) is 0 Å². The monoisotopic (exact) mass is 244 g/mol. The summed E-state index contributed by atoms with van der Waals surface area (Å²) in [4.78, 5) is 5.71. The number of hydrogen-bond acceptors (Lipinski definition) is 4. The highest BCUT2D eigenvalue weighted by Gasteiger charge is 2.06. The third-order valence-electron chi connectivity index (χ3n) is 2.33. The van der Waals surface area contributed by atoms with Crippen molar-refractivity contribution >= 4 is 23.1 Å². The Morgan fingerprint density at radius 2 is 2.33 bits per heavy atom. The zero-order valence-electron chi connectivity index (χ0n) is 9.75. The van der Waals surface area contributed by atoms with E-state index in [1.54, 1.807) is 0 Å². The first-order valence-corrected chi connectivity index (χ1v) is 7.67. The van der Waals surface area contributed by atoms with Crippen LogP contribution in [0.5, 0.6) is 0 Å². The van der Waals surface area contributed by atoms with E-state index in [9.17, 15) is 0 Å². The second kappa shape index (κ2) is 7.25. The molecule has 1 heterocycles. The number of hydrogen-bond donors (Lipinski definition) is 1. The first-order valence-electron chi connectivity index (χ1n) is 5.46. The molecular formula is C11H20N2S2. The second-order valence-corrected chi connectivity index (χ2v) is 5.63. The summed E-state index contributed by atoms with van der Waals surface area (Å²) in [6.45, 7) is 5.35. The molecule has 0 saturated carbocycles. The molecule has 0 amide bonds. The molecule has 0 aliphatic heterocycles. The lowest BCUT2D eigenvalue weighted by atomic mass is 10.2. The molecule has 0 aliphatic rings. The first-order chi connectivity index (χ1) is 7.30. The lowest BCUT2D eigenvalue weighted by molar-refractivity contribution is 0.544. The minimum atomic E-state index is 0.632. The van der Waals surface area contributed by atoms with E-state index in [-0.39, 0.29) is 0 Å². The van der Waals surface area contributed by atoms with Crippen LogP contribution in [-0.2, 0) is 13.0 Å². The number of rotatable bonds is 7. The third-order valence-corrected chi connectivity index (χ3v) is 4.21. The number of nitrogens with one attached hydrogen (secondary N) is 1. The predicted octanol–water partition coefficient (Wildman–Crippen LogP) is 2.94. The summed E-state index contributed by atoms with van der Waals surface area (Å²) in [7, 11) is 0. The van der Waals surface area contributed by atoms with Crippen LogP contribution in [0.15, 0.2) is 6.20 Å². The largest absolute Gasteiger partial charge is 0.308 e. The van der Waals surface area contributed by atoms with Crippen molar-refractivity contribution in [2.24, 2.45) is 0 Å². The SMILES string of the molecule is CCc1ncc(CNC(CC)CSC)s1. The Labute approximate surface area is 101 Å². The Kier molecular flexibility index (Phi) is 6.29. The van der Waals surface area contributed by atoms with E-state index >= 15 is 0 Å². The van der Waals surface area contributed by atoms with E-state index in [1.807, 2.05) is 29.3 Å². The minimum Gasteiger partial charge on any atom is -0.308 e. The molecule has 0 radical (unpaired) electrons. The molecule has 1 aromatic heterocycles. The highest BCUT2D eigenvalue weighted by molar-refractivity contribution is 7.98. The van der Waals surface area contributed by atoms with E-state index in [0.29, 0.717) is 6.04 Å². The van der Waals surface area contributed by atoms with Gasteiger partial charge >= 0.3 is 0 Å². The second-order valence-electron chi connectivity index (χ2n) is 3.52. The van der Waals surface area contributed by atoms with E-state index < -0.39 is 0 Å². The van der Waals surface area contributed by atoms with Gasteiger partial charge in [0, 0.05) is 29.4 Å². The van der Waals surface area contributed by atoms with Crippen molar-refractivity contribution < 1.29 is 0 Å². The maximum absolute atomic E-state index is 4.36. The van der Waals surface area contributed by atoms with Gasteiger partial charge < -0.3 is 5.32 Å². The highest BCUT2D eigenvalue weighted by Crippen LogP contribution is 2.13. The summed E-state index contributed by atoms with van der Waals surface area (Å²) in [6, 6.07) is 0.632. The van der Waals surface area contributed by atoms with Crippen molar-refractivity contribution in [1.29, 1.82) is 0 Å². The van der Waals surface area contributed by atoms with Crippen LogP contribution in [0.3, 0.4) is 0 Å². The fourth-order valence-electron chi connectivity index (χ4n) is 1.36. The summed E-state index contributed by atoms with van der Waals surface area (Å²) < 4.78 is 0. The number of nitrogens with zero attached hydrogens (tertiary/aromatic N) is 1. The van der Waals surface area contributed by atoms with Crippen molar-refractivity contribution in [3.05, 3.63) is 16.1 Å². The van der Waals surface area contributed by atoms with Crippen LogP contribution in [0.2, 0.25) is 0 Å². The van der Waals surface area contributed by atoms with E-state index in [2.05, 4.69) is 30.4 Å². The summed E-state index contributed by atoms with van der Waals surface area (Å²) in [5.41, 5.74) is 0. The number of thiazole rings is 1. The van der Waals surface area contributed by atoms with Crippen molar-refractivity contribution in [1.82, 2.24) is 10.3 Å². The molecule has 4 heteroatoms. The van der Waals surface area contributed by atoms with Crippen LogP contribution in [0.4, 0.5) is 0 Å². The van der Waals surface area contributed by atoms with Crippen LogP contribution < -0.4 is 5.32 Å². The van der Waals surface area contributed by atoms with Gasteiger partial charge in [-0.3, -0.25) is 0 Å². The van der Waals surface area contributed by atoms with Crippen LogP contribution in [0.1, 0.15) is 30.2 Å². The molecule has 1 rings (SSSR count). The van der Waals surface area contributed by atoms with Crippen molar-refractivity contribution in [3.63, 3.8) is 0 Å². The summed E-state index contributed by atoms with van der Waals surface area (Å²) >= 11 is 3.73. The quantitative estimate of drug-likeness (QED) is 0.798. The molecule has 1 N–H and O–H groups in total. The lowest BCUT2D eigenvalue weighted by Crippen LogP contribution is -2.29. The van der Waals surface area contributed by atoms with Crippen molar-refractivity contribution in [2.75, 3.05) is 12.0 Å². The maximum Gasteiger partial charge on any atom is 0.0925 e. The van der Waals surface area contributed by atoms with Crippen molar-refractivity contribution in [2.45, 2.75) is 39.3 Å². The highest BCUT2D eigenvalue weighted by atomic mass is 32.2. The molecule has 0 bridgehead atoms. The molecule has 0 fully saturated rings. The Morgan fingerprint density at radius 3 is 2.87 bits per heavy atom. The van der Waals surface area contributed by atoms with Gasteiger partial charge in [-0.15, -0.1) is 11.3 Å². The van der Waals surface area contributed by atoms with Crippen LogP contribution in [-0.4, -0.2) is 23.0 Å². The molecular weight excluding hydrogens is 224 g/mol. The molecule has 0 aliphatic carbocycles. The van der Waals surface area contributed by atoms with Gasteiger partial charge in [-0.2, -0.15) is 11.8 Å². The van der Waals surface area contributed by atoms with Gasteiger partial charge in [-0.05, 0) is 19.1 Å². The summed E-state index contributed by atoms with van der Waals surface area (Å²) in [5.74, 6) is 1.19. The molecule has 86 valence electrons. The topological polar surface area (TPSA) is 24.9 Å². The number of aryl methyl sites for hydroxylation is 1. The fraction of sp³-hybridized carbons (Fsp3) is 0.727. The van der Waals surface area contributed by atoms with E-state index in [0.717, 1.165) is 13.0 Å². The van der Waals surface area contributed by atoms with Gasteiger partial charge in [0.2, 0.25) is 0 Å². The zero-order chi connectivity index (χ0) is 11.1. The van der Waals surface area contributed by atoms with Gasteiger partial charge in [-0.25, -0.2) is 4.98 Å². The Morgan fingerprint density at radius 1 is 1.53 bits per heavy atom. The average Bonchev–Trinajstić information content (AvgIpc) is 2.72.